The van der Waals surface area contributed by atoms with Gasteiger partial charge in [0.25, 0.3) is 0 Å². The molecule has 1 aliphatic heterocycles. The average molecular weight is 289 g/mol. The Morgan fingerprint density at radius 1 is 1.14 bits per heavy atom. The molecule has 1 aliphatic rings. The second-order valence-electron chi connectivity index (χ2n) is 5.10. The smallest absolute Gasteiger partial charge is 0.128 e. The highest BCUT2D eigenvalue weighted by Gasteiger charge is 2.24. The van der Waals surface area contributed by atoms with Crippen LogP contribution in [0.1, 0.15) is 29.7 Å². The monoisotopic (exact) mass is 289 g/mol. The van der Waals surface area contributed by atoms with Crippen molar-refractivity contribution in [3.63, 3.8) is 0 Å². The summed E-state index contributed by atoms with van der Waals surface area (Å²) in [6, 6.07) is 9.06. The molecule has 2 aromatic carbocycles. The molecule has 2 nitrogen and oxygen atoms in total. The predicted molar refractivity (Wildman–Crippen MR) is 77.5 cm³/mol. The zero-order chi connectivity index (χ0) is 14.8. The molecule has 0 aliphatic carbocycles. The third-order valence-electron chi connectivity index (χ3n) is 3.75. The van der Waals surface area contributed by atoms with Crippen LogP contribution in [0.3, 0.4) is 0 Å². The number of rotatable bonds is 3. The number of halogens is 2. The Bertz CT molecular complexity index is 657. The first-order valence-corrected chi connectivity index (χ1v) is 7.13. The molecule has 0 amide bonds. The molecular weight excluding hydrogens is 272 g/mol. The summed E-state index contributed by atoms with van der Waals surface area (Å²) in [5, 5.41) is 3.26. The lowest BCUT2D eigenvalue weighted by Gasteiger charge is -2.28. The molecule has 1 heterocycles. The minimum Gasteiger partial charge on any atom is -0.494 e. The lowest BCUT2D eigenvalue weighted by atomic mass is 9.89. The summed E-state index contributed by atoms with van der Waals surface area (Å²) in [5.74, 6) is -0.00138. The van der Waals surface area contributed by atoms with Gasteiger partial charge >= 0.3 is 0 Å². The second-order valence-corrected chi connectivity index (χ2v) is 5.10. The molecule has 0 bridgehead atoms. The predicted octanol–water partition coefficient (Wildman–Crippen LogP) is 3.60. The number of hydrogen-bond donors (Lipinski definition) is 1. The van der Waals surface area contributed by atoms with Crippen molar-refractivity contribution in [3.05, 3.63) is 64.7 Å². The Balaban J connectivity index is 2.02. The van der Waals surface area contributed by atoms with Crippen molar-refractivity contribution < 1.29 is 13.5 Å². The fourth-order valence-corrected chi connectivity index (χ4v) is 2.81. The van der Waals surface area contributed by atoms with Crippen LogP contribution in [0.25, 0.3) is 0 Å². The van der Waals surface area contributed by atoms with Crippen LogP contribution in [0, 0.1) is 11.6 Å². The first-order chi connectivity index (χ1) is 10.2. The summed E-state index contributed by atoms with van der Waals surface area (Å²) in [6.07, 6.45) is 0.851. The molecule has 0 radical (unpaired) electrons. The van der Waals surface area contributed by atoms with Gasteiger partial charge in [0.05, 0.1) is 12.6 Å². The first-order valence-electron chi connectivity index (χ1n) is 7.13. The van der Waals surface area contributed by atoms with E-state index in [9.17, 15) is 8.78 Å². The van der Waals surface area contributed by atoms with Gasteiger partial charge in [-0.15, -0.1) is 0 Å². The number of fused-ring (bicyclic) bond motifs is 1. The fraction of sp³-hybridized carbons (Fsp3) is 0.294. The van der Waals surface area contributed by atoms with Gasteiger partial charge in [-0.1, -0.05) is 6.07 Å². The molecule has 0 saturated heterocycles. The van der Waals surface area contributed by atoms with E-state index >= 15 is 0 Å². The SMILES string of the molecule is CCOc1ccc2c(c1)CCNC2c1cc(F)ccc1F. The van der Waals surface area contributed by atoms with E-state index in [1.54, 1.807) is 0 Å². The Morgan fingerprint density at radius 3 is 2.81 bits per heavy atom. The van der Waals surface area contributed by atoms with E-state index < -0.39 is 11.6 Å². The number of ether oxygens (including phenoxy) is 1. The summed E-state index contributed by atoms with van der Waals surface area (Å²) in [7, 11) is 0. The van der Waals surface area contributed by atoms with E-state index in [1.807, 2.05) is 25.1 Å². The third kappa shape index (κ3) is 2.76. The largest absolute Gasteiger partial charge is 0.494 e. The lowest BCUT2D eigenvalue weighted by molar-refractivity contribution is 0.339. The Labute approximate surface area is 122 Å². The van der Waals surface area contributed by atoms with Crippen molar-refractivity contribution >= 4 is 0 Å². The Kier molecular flexibility index (Phi) is 3.88. The highest BCUT2D eigenvalue weighted by Crippen LogP contribution is 2.32. The summed E-state index contributed by atoms with van der Waals surface area (Å²) in [6.45, 7) is 3.27. The first kappa shape index (κ1) is 14.0. The molecule has 110 valence electrons. The molecule has 1 atom stereocenters. The van der Waals surface area contributed by atoms with Crippen molar-refractivity contribution in [1.82, 2.24) is 5.32 Å². The summed E-state index contributed by atoms with van der Waals surface area (Å²) in [4.78, 5) is 0. The van der Waals surface area contributed by atoms with E-state index in [1.165, 1.54) is 12.1 Å². The molecule has 1 N–H and O–H groups in total. The number of benzene rings is 2. The van der Waals surface area contributed by atoms with Crippen LogP contribution in [0.2, 0.25) is 0 Å². The second kappa shape index (κ2) is 5.82. The fourth-order valence-electron chi connectivity index (χ4n) is 2.81. The minimum atomic E-state index is -0.425. The molecule has 4 heteroatoms. The van der Waals surface area contributed by atoms with E-state index in [0.717, 1.165) is 35.9 Å². The van der Waals surface area contributed by atoms with Crippen LogP contribution in [0.15, 0.2) is 36.4 Å². The van der Waals surface area contributed by atoms with Crippen LogP contribution in [0.5, 0.6) is 5.75 Å². The zero-order valence-electron chi connectivity index (χ0n) is 11.8. The third-order valence-corrected chi connectivity index (χ3v) is 3.75. The van der Waals surface area contributed by atoms with E-state index in [2.05, 4.69) is 5.32 Å². The van der Waals surface area contributed by atoms with Gasteiger partial charge in [-0.3, -0.25) is 0 Å². The average Bonchev–Trinajstić information content (AvgIpc) is 2.49. The van der Waals surface area contributed by atoms with Gasteiger partial charge in [-0.25, -0.2) is 8.78 Å². The summed E-state index contributed by atoms with van der Waals surface area (Å²) in [5.41, 5.74) is 2.45. The van der Waals surface area contributed by atoms with E-state index in [0.29, 0.717) is 12.2 Å². The van der Waals surface area contributed by atoms with Gasteiger partial charge in [-0.2, -0.15) is 0 Å². The summed E-state index contributed by atoms with van der Waals surface area (Å²) < 4.78 is 32.9. The highest BCUT2D eigenvalue weighted by atomic mass is 19.1. The normalized spacial score (nSPS) is 17.4. The van der Waals surface area contributed by atoms with Crippen LogP contribution in [-0.2, 0) is 6.42 Å². The van der Waals surface area contributed by atoms with Crippen molar-refractivity contribution in [3.8, 4) is 5.75 Å². The van der Waals surface area contributed by atoms with Crippen molar-refractivity contribution in [1.29, 1.82) is 0 Å². The maximum atomic E-state index is 14.0. The maximum absolute atomic E-state index is 14.0. The van der Waals surface area contributed by atoms with Crippen molar-refractivity contribution in [2.45, 2.75) is 19.4 Å². The number of nitrogens with one attached hydrogen (secondary N) is 1. The molecule has 0 spiro atoms. The molecule has 21 heavy (non-hydrogen) atoms. The van der Waals surface area contributed by atoms with E-state index in [4.69, 9.17) is 4.74 Å². The van der Waals surface area contributed by atoms with Gasteiger partial charge in [0.2, 0.25) is 0 Å². The Morgan fingerprint density at radius 2 is 2.00 bits per heavy atom. The Hall–Kier alpha value is -1.94. The van der Waals surface area contributed by atoms with Crippen LogP contribution in [0.4, 0.5) is 8.78 Å². The molecule has 1 unspecified atom stereocenters. The van der Waals surface area contributed by atoms with Crippen LogP contribution < -0.4 is 10.1 Å². The standard InChI is InChI=1S/C17H17F2NO/c1-2-21-13-4-5-14-11(9-13)7-8-20-17(14)15-10-12(18)3-6-16(15)19/h3-6,9-10,17,20H,2,7-8H2,1H3. The van der Waals surface area contributed by atoms with Crippen molar-refractivity contribution in [2.24, 2.45) is 0 Å². The van der Waals surface area contributed by atoms with Gasteiger partial charge in [0.1, 0.15) is 17.4 Å². The molecule has 2 aromatic rings. The van der Waals surface area contributed by atoms with Gasteiger partial charge in [-0.05, 0) is 54.8 Å². The summed E-state index contributed by atoms with van der Waals surface area (Å²) >= 11 is 0. The number of hydrogen-bond acceptors (Lipinski definition) is 2. The quantitative estimate of drug-likeness (QED) is 0.932. The molecule has 0 fully saturated rings. The molecule has 0 saturated carbocycles. The minimum absolute atomic E-state index is 0.319. The van der Waals surface area contributed by atoms with Gasteiger partial charge in [0.15, 0.2) is 0 Å². The topological polar surface area (TPSA) is 21.3 Å². The zero-order valence-corrected chi connectivity index (χ0v) is 11.8. The van der Waals surface area contributed by atoms with Gasteiger partial charge < -0.3 is 10.1 Å². The van der Waals surface area contributed by atoms with Crippen LogP contribution in [-0.4, -0.2) is 13.2 Å². The van der Waals surface area contributed by atoms with Crippen LogP contribution >= 0.6 is 0 Å². The van der Waals surface area contributed by atoms with E-state index in [-0.39, 0.29) is 6.04 Å². The highest BCUT2D eigenvalue weighted by molar-refractivity contribution is 5.44. The molecule has 3 rings (SSSR count). The lowest BCUT2D eigenvalue weighted by Crippen LogP contribution is -2.31. The maximum Gasteiger partial charge on any atom is 0.128 e. The molecule has 0 aromatic heterocycles. The van der Waals surface area contributed by atoms with Gasteiger partial charge in [0, 0.05) is 12.1 Å². The molecular formula is C17H17F2NO. The van der Waals surface area contributed by atoms with Crippen molar-refractivity contribution in [2.75, 3.05) is 13.2 Å².